The van der Waals surface area contributed by atoms with Crippen molar-refractivity contribution in [2.24, 2.45) is 0 Å². The van der Waals surface area contributed by atoms with E-state index in [1.165, 1.54) is 0 Å². The lowest BCUT2D eigenvalue weighted by Crippen LogP contribution is -2.23. The minimum atomic E-state index is -2.99. The second-order valence-electron chi connectivity index (χ2n) is 5.03. The first-order valence-electron chi connectivity index (χ1n) is 7.33. The van der Waals surface area contributed by atoms with Gasteiger partial charge in [0, 0.05) is 12.3 Å². The van der Waals surface area contributed by atoms with Crippen LogP contribution in [0.5, 0.6) is 0 Å². The van der Waals surface area contributed by atoms with Crippen LogP contribution in [-0.4, -0.2) is 45.7 Å². The molecule has 0 radical (unpaired) electrons. The third kappa shape index (κ3) is 6.78. The van der Waals surface area contributed by atoms with Crippen LogP contribution in [0.3, 0.4) is 0 Å². The number of hydrogen-bond acceptors (Lipinski definition) is 5. The van der Waals surface area contributed by atoms with Crippen LogP contribution in [0.1, 0.15) is 52.4 Å². The Morgan fingerprint density at radius 2 is 1.55 bits per heavy atom. The number of unbranched alkanes of at least 4 members (excludes halogenated alkanes) is 4. The Kier molecular flexibility index (Phi) is 11.0. The van der Waals surface area contributed by atoms with Gasteiger partial charge < -0.3 is 19.7 Å². The molecule has 0 aliphatic carbocycles. The third-order valence-electron chi connectivity index (χ3n) is 3.22. The number of aliphatic hydroxyl groups is 2. The molecule has 7 heteroatoms. The van der Waals surface area contributed by atoms with Gasteiger partial charge in [-0.25, -0.2) is 0 Å². The molecule has 0 rings (SSSR count). The van der Waals surface area contributed by atoms with E-state index < -0.39 is 32.9 Å². The summed E-state index contributed by atoms with van der Waals surface area (Å²) in [4.78, 5) is 21.9. The van der Waals surface area contributed by atoms with Crippen LogP contribution in [0.2, 0.25) is 0 Å². The van der Waals surface area contributed by atoms with Crippen molar-refractivity contribution in [2.45, 2.75) is 58.5 Å². The second kappa shape index (κ2) is 10.9. The Morgan fingerprint density at radius 1 is 1.10 bits per heavy atom. The van der Waals surface area contributed by atoms with E-state index in [-0.39, 0.29) is 0 Å². The first-order chi connectivity index (χ1) is 9.42. The summed E-state index contributed by atoms with van der Waals surface area (Å²) < 4.78 is 12.9. The van der Waals surface area contributed by atoms with E-state index in [9.17, 15) is 19.4 Å². The molecule has 0 aromatic rings. The number of hydrogen-bond donors (Lipinski definition) is 3. The lowest BCUT2D eigenvalue weighted by molar-refractivity contribution is -0.120. The predicted molar refractivity (Wildman–Crippen MR) is 83.6 cm³/mol. The fourth-order valence-electron chi connectivity index (χ4n) is 1.91. The Hall–Kier alpha value is 0.210. The minimum Gasteiger partial charge on any atom is -0.393 e. The molecule has 0 saturated heterocycles. The van der Waals surface area contributed by atoms with Crippen LogP contribution in [0, 0.1) is 0 Å². The molecule has 2 unspecified atom stereocenters. The van der Waals surface area contributed by atoms with E-state index in [4.69, 9.17) is 5.11 Å². The van der Waals surface area contributed by atoms with Gasteiger partial charge in [-0.15, -0.1) is 0 Å². The predicted octanol–water partition coefficient (Wildman–Crippen LogP) is 2.91. The molecular formula is C13H28O5P2. The molecule has 0 amide bonds. The van der Waals surface area contributed by atoms with E-state index >= 15 is 0 Å². The van der Waals surface area contributed by atoms with Crippen molar-refractivity contribution in [2.75, 3.05) is 18.9 Å². The zero-order valence-electron chi connectivity index (χ0n) is 12.5. The monoisotopic (exact) mass is 326 g/mol. The molecule has 0 heterocycles. The number of carbonyl (C=O) groups is 1. The highest BCUT2D eigenvalue weighted by molar-refractivity contribution is 8.37. The lowest BCUT2D eigenvalue weighted by atomic mass is 10.3. The molecule has 20 heavy (non-hydrogen) atoms. The molecule has 0 bridgehead atoms. The summed E-state index contributed by atoms with van der Waals surface area (Å²) in [5.41, 5.74) is -0.848. The van der Waals surface area contributed by atoms with Gasteiger partial charge in [-0.1, -0.05) is 39.5 Å². The lowest BCUT2D eigenvalue weighted by Gasteiger charge is -2.23. The van der Waals surface area contributed by atoms with Crippen LogP contribution >= 0.6 is 14.7 Å². The third-order valence-corrected chi connectivity index (χ3v) is 10.5. The van der Waals surface area contributed by atoms with Crippen molar-refractivity contribution in [1.29, 1.82) is 0 Å². The smallest absolute Gasteiger partial charge is 0.219 e. The Balaban J connectivity index is 4.79. The molecular weight excluding hydrogens is 298 g/mol. The number of aliphatic hydroxyl groups excluding tert-OH is 2. The maximum atomic E-state index is 12.9. The fourth-order valence-corrected chi connectivity index (χ4v) is 8.12. The summed E-state index contributed by atoms with van der Waals surface area (Å²) in [5.74, 6) is 0. The van der Waals surface area contributed by atoms with Gasteiger partial charge in [0.05, 0.1) is 6.61 Å². The first-order valence-corrected chi connectivity index (χ1v) is 11.4. The largest absolute Gasteiger partial charge is 0.393 e. The molecule has 0 aliphatic rings. The molecule has 0 fully saturated rings. The molecule has 120 valence electrons. The molecule has 0 aromatic heterocycles. The van der Waals surface area contributed by atoms with Crippen molar-refractivity contribution in [3.63, 3.8) is 0 Å². The summed E-state index contributed by atoms with van der Waals surface area (Å²) in [6.45, 7) is 0.337. The molecule has 3 N–H and O–H groups in total. The van der Waals surface area contributed by atoms with Crippen LogP contribution in [0.15, 0.2) is 0 Å². The SMILES string of the molecule is CCCCCP(=O)(CCCCC)P(O)C(=O)C(O)CO. The van der Waals surface area contributed by atoms with Gasteiger partial charge in [0.2, 0.25) is 5.52 Å². The standard InChI is InChI=1S/C13H28O5P2/c1-3-5-7-9-20(18,10-8-6-4-2)19(17)13(16)12(15)11-14/h12,14-15,17H,3-11H2,1-2H3. The highest BCUT2D eigenvalue weighted by atomic mass is 32.1. The summed E-state index contributed by atoms with van der Waals surface area (Å²) >= 11 is 0. The fraction of sp³-hybridized carbons (Fsp3) is 0.923. The van der Waals surface area contributed by atoms with Crippen molar-refractivity contribution in [3.8, 4) is 0 Å². The Morgan fingerprint density at radius 3 is 1.90 bits per heavy atom. The highest BCUT2D eigenvalue weighted by Gasteiger charge is 2.38. The topological polar surface area (TPSA) is 94.8 Å². The quantitative estimate of drug-likeness (QED) is 0.379. The Labute approximate surface area is 122 Å². The van der Waals surface area contributed by atoms with Gasteiger partial charge in [-0.2, -0.15) is 0 Å². The normalized spacial score (nSPS) is 15.1. The van der Waals surface area contributed by atoms with Crippen molar-refractivity contribution < 1.29 is 24.5 Å². The van der Waals surface area contributed by atoms with Gasteiger partial charge in [-0.3, -0.25) is 4.79 Å². The maximum absolute atomic E-state index is 12.9. The zero-order chi connectivity index (χ0) is 15.6. The van der Waals surface area contributed by atoms with Gasteiger partial charge in [0.1, 0.15) is 12.9 Å². The highest BCUT2D eigenvalue weighted by Crippen LogP contribution is 2.74. The molecule has 0 saturated carbocycles. The summed E-state index contributed by atoms with van der Waals surface area (Å²) in [5, 5.41) is 18.1. The van der Waals surface area contributed by atoms with Gasteiger partial charge in [0.15, 0.2) is 7.84 Å². The van der Waals surface area contributed by atoms with Gasteiger partial charge >= 0.3 is 0 Å². The zero-order valence-corrected chi connectivity index (χ0v) is 14.3. The van der Waals surface area contributed by atoms with E-state index in [0.717, 1.165) is 38.5 Å². The van der Waals surface area contributed by atoms with Crippen LogP contribution in [0.25, 0.3) is 0 Å². The summed E-state index contributed by atoms with van der Waals surface area (Å²) in [7, 11) is -2.36. The number of rotatable bonds is 12. The first kappa shape index (κ1) is 20.2. The molecule has 0 aliphatic heterocycles. The van der Waals surface area contributed by atoms with Crippen LogP contribution in [-0.2, 0) is 9.36 Å². The Bertz CT molecular complexity index is 308. The van der Waals surface area contributed by atoms with E-state index in [0.29, 0.717) is 12.3 Å². The number of carbonyl (C=O) groups excluding carboxylic acids is 1. The average Bonchev–Trinajstić information content (AvgIpc) is 2.45. The van der Waals surface area contributed by atoms with Gasteiger partial charge in [-0.05, 0) is 12.8 Å². The van der Waals surface area contributed by atoms with Crippen molar-refractivity contribution in [3.05, 3.63) is 0 Å². The summed E-state index contributed by atoms with van der Waals surface area (Å²) in [6.07, 6.45) is 4.33. The van der Waals surface area contributed by atoms with E-state index in [1.54, 1.807) is 0 Å². The van der Waals surface area contributed by atoms with Crippen molar-refractivity contribution >= 4 is 20.2 Å². The van der Waals surface area contributed by atoms with E-state index in [2.05, 4.69) is 0 Å². The average molecular weight is 326 g/mol. The van der Waals surface area contributed by atoms with Crippen LogP contribution in [0.4, 0.5) is 0 Å². The second-order valence-corrected chi connectivity index (χ2v) is 12.0. The molecule has 5 nitrogen and oxygen atoms in total. The molecule has 2 atom stereocenters. The van der Waals surface area contributed by atoms with Crippen LogP contribution < -0.4 is 0 Å². The molecule has 0 aromatic carbocycles. The van der Waals surface area contributed by atoms with E-state index in [1.807, 2.05) is 13.8 Å². The molecule has 0 spiro atoms. The summed E-state index contributed by atoms with van der Waals surface area (Å²) in [6, 6.07) is 0. The van der Waals surface area contributed by atoms with Gasteiger partial charge in [0.25, 0.3) is 0 Å². The minimum absolute atomic E-state index is 0.358. The van der Waals surface area contributed by atoms with Crippen molar-refractivity contribution in [1.82, 2.24) is 0 Å². The maximum Gasteiger partial charge on any atom is 0.219 e.